The maximum atomic E-state index is 13.1. The predicted octanol–water partition coefficient (Wildman–Crippen LogP) is 6.61. The van der Waals surface area contributed by atoms with Gasteiger partial charge in [0.05, 0.1) is 5.52 Å². The first kappa shape index (κ1) is 27.6. The van der Waals surface area contributed by atoms with E-state index in [0.29, 0.717) is 30.3 Å². The molecule has 0 atom stereocenters. The zero-order valence-electron chi connectivity index (χ0n) is 23.6. The summed E-state index contributed by atoms with van der Waals surface area (Å²) < 4.78 is 13.0. The molecule has 0 radical (unpaired) electrons. The van der Waals surface area contributed by atoms with Gasteiger partial charge < -0.3 is 14.4 Å². The molecule has 2 heterocycles. The van der Waals surface area contributed by atoms with Crippen molar-refractivity contribution in [3.8, 4) is 11.5 Å². The molecule has 7 heteroatoms. The molecule has 1 aliphatic rings. The SMILES string of the molecule is COCCCC(=O)c1ccc2nn(CC3CCN(C(=O)c4ccc(Oc5ccc(C)cc5)cc4)CC3)cc2c1C. The van der Waals surface area contributed by atoms with E-state index in [1.165, 1.54) is 5.56 Å². The number of methoxy groups -OCH3 is 1. The van der Waals surface area contributed by atoms with Crippen LogP contribution in [-0.4, -0.2) is 53.2 Å². The second-order valence-corrected chi connectivity index (χ2v) is 10.7. The minimum Gasteiger partial charge on any atom is -0.457 e. The van der Waals surface area contributed by atoms with Crippen LogP contribution in [0.1, 0.15) is 57.5 Å². The standard InChI is InChI=1S/C33H37N3O4/c1-23-6-10-27(11-7-23)40-28-12-8-26(9-13-28)33(38)35-18-16-25(17-19-35)21-36-22-30-24(2)29(14-15-31(30)34-36)32(37)5-4-20-39-3/h6-15,22,25H,4-5,16-21H2,1-3H3. The summed E-state index contributed by atoms with van der Waals surface area (Å²) in [6.45, 7) is 6.89. The molecule has 208 valence electrons. The molecule has 0 N–H and O–H groups in total. The fourth-order valence-corrected chi connectivity index (χ4v) is 5.36. The molecule has 0 bridgehead atoms. The van der Waals surface area contributed by atoms with Crippen LogP contribution < -0.4 is 4.74 Å². The summed E-state index contributed by atoms with van der Waals surface area (Å²) in [6, 6.07) is 19.1. The van der Waals surface area contributed by atoms with E-state index in [0.717, 1.165) is 66.7 Å². The Hall–Kier alpha value is -3.97. The second kappa shape index (κ2) is 12.5. The molecular formula is C33H37N3O4. The van der Waals surface area contributed by atoms with Gasteiger partial charge in [-0.1, -0.05) is 17.7 Å². The van der Waals surface area contributed by atoms with Crippen molar-refractivity contribution in [2.45, 2.75) is 46.1 Å². The number of piperidine rings is 1. The number of ketones is 1. The summed E-state index contributed by atoms with van der Waals surface area (Å²) in [6.07, 6.45) is 5.13. The number of rotatable bonds is 10. The molecule has 7 nitrogen and oxygen atoms in total. The maximum Gasteiger partial charge on any atom is 0.253 e. The third-order valence-corrected chi connectivity index (χ3v) is 7.76. The van der Waals surface area contributed by atoms with Crippen molar-refractivity contribution in [3.05, 3.63) is 89.1 Å². The number of aromatic nitrogens is 2. The van der Waals surface area contributed by atoms with Gasteiger partial charge in [0.15, 0.2) is 5.78 Å². The van der Waals surface area contributed by atoms with Crippen molar-refractivity contribution in [1.82, 2.24) is 14.7 Å². The lowest BCUT2D eigenvalue weighted by Crippen LogP contribution is -2.39. The average Bonchev–Trinajstić information content (AvgIpc) is 3.38. The van der Waals surface area contributed by atoms with E-state index in [4.69, 9.17) is 14.6 Å². The molecule has 1 fully saturated rings. The first-order valence-electron chi connectivity index (χ1n) is 14.0. The Labute approximate surface area is 235 Å². The fourth-order valence-electron chi connectivity index (χ4n) is 5.36. The van der Waals surface area contributed by atoms with Gasteiger partial charge in [0.2, 0.25) is 0 Å². The summed E-state index contributed by atoms with van der Waals surface area (Å²) in [5.74, 6) is 2.14. The monoisotopic (exact) mass is 539 g/mol. The summed E-state index contributed by atoms with van der Waals surface area (Å²) in [5.41, 5.74) is 4.53. The van der Waals surface area contributed by atoms with Gasteiger partial charge in [-0.05, 0) is 93.1 Å². The number of hydrogen-bond acceptors (Lipinski definition) is 5. The number of carbonyl (C=O) groups is 2. The molecule has 0 unspecified atom stereocenters. The molecule has 5 rings (SSSR count). The van der Waals surface area contributed by atoms with Gasteiger partial charge in [0, 0.05) is 62.5 Å². The largest absolute Gasteiger partial charge is 0.457 e. The van der Waals surface area contributed by atoms with Gasteiger partial charge in [-0.2, -0.15) is 5.10 Å². The number of aryl methyl sites for hydroxylation is 2. The van der Waals surface area contributed by atoms with Crippen molar-refractivity contribution in [3.63, 3.8) is 0 Å². The van der Waals surface area contributed by atoms with Crippen molar-refractivity contribution < 1.29 is 19.1 Å². The highest BCUT2D eigenvalue weighted by atomic mass is 16.5. The van der Waals surface area contributed by atoms with Crippen LogP contribution in [0.4, 0.5) is 0 Å². The van der Waals surface area contributed by atoms with Crippen LogP contribution in [0.25, 0.3) is 10.9 Å². The lowest BCUT2D eigenvalue weighted by atomic mass is 9.96. The van der Waals surface area contributed by atoms with E-state index in [2.05, 4.69) is 6.20 Å². The first-order chi connectivity index (χ1) is 19.4. The number of benzene rings is 3. The molecule has 1 aliphatic heterocycles. The molecular weight excluding hydrogens is 502 g/mol. The van der Waals surface area contributed by atoms with Gasteiger partial charge in [-0.15, -0.1) is 0 Å². The highest BCUT2D eigenvalue weighted by Gasteiger charge is 2.24. The van der Waals surface area contributed by atoms with Crippen molar-refractivity contribution in [1.29, 1.82) is 0 Å². The van der Waals surface area contributed by atoms with Crippen molar-refractivity contribution in [2.75, 3.05) is 26.8 Å². The molecule has 4 aromatic rings. The number of fused-ring (bicyclic) bond motifs is 1. The number of likely N-dealkylation sites (tertiary alicyclic amines) is 1. The molecule has 0 saturated carbocycles. The second-order valence-electron chi connectivity index (χ2n) is 10.7. The average molecular weight is 540 g/mol. The van der Waals surface area contributed by atoms with E-state index < -0.39 is 0 Å². The summed E-state index contributed by atoms with van der Waals surface area (Å²) in [5, 5.41) is 5.81. The van der Waals surface area contributed by atoms with Crippen LogP contribution in [0.3, 0.4) is 0 Å². The Morgan fingerprint density at radius 3 is 2.27 bits per heavy atom. The van der Waals surface area contributed by atoms with Crippen LogP contribution in [0, 0.1) is 19.8 Å². The van der Waals surface area contributed by atoms with E-state index in [1.807, 2.05) is 84.1 Å². The van der Waals surface area contributed by atoms with Crippen LogP contribution in [0.2, 0.25) is 0 Å². The van der Waals surface area contributed by atoms with Gasteiger partial charge in [-0.3, -0.25) is 14.3 Å². The molecule has 3 aromatic carbocycles. The summed E-state index contributed by atoms with van der Waals surface area (Å²) in [7, 11) is 1.65. The molecule has 40 heavy (non-hydrogen) atoms. The van der Waals surface area contributed by atoms with Crippen LogP contribution in [-0.2, 0) is 11.3 Å². The number of Topliss-reactive ketones (excluding diaryl/α,β-unsaturated/α-hetero) is 1. The molecule has 1 saturated heterocycles. The Bertz CT molecular complexity index is 1470. The Morgan fingerprint density at radius 2 is 1.60 bits per heavy atom. The normalized spacial score (nSPS) is 14.0. The van der Waals surface area contributed by atoms with Crippen LogP contribution in [0.5, 0.6) is 11.5 Å². The molecule has 0 aliphatic carbocycles. The van der Waals surface area contributed by atoms with Gasteiger partial charge in [0.1, 0.15) is 11.5 Å². The number of nitrogens with zero attached hydrogens (tertiary/aromatic N) is 3. The highest BCUT2D eigenvalue weighted by molar-refractivity contribution is 6.01. The minimum atomic E-state index is 0.0588. The fraction of sp³-hybridized carbons (Fsp3) is 0.364. The third-order valence-electron chi connectivity index (χ3n) is 7.76. The smallest absolute Gasteiger partial charge is 0.253 e. The lowest BCUT2D eigenvalue weighted by molar-refractivity contribution is 0.0681. The number of carbonyl (C=O) groups excluding carboxylic acids is 2. The van der Waals surface area contributed by atoms with E-state index in [1.54, 1.807) is 7.11 Å². The van der Waals surface area contributed by atoms with Gasteiger partial charge in [-0.25, -0.2) is 0 Å². The molecule has 1 aromatic heterocycles. The Morgan fingerprint density at radius 1 is 0.925 bits per heavy atom. The topological polar surface area (TPSA) is 73.7 Å². The third kappa shape index (κ3) is 6.42. The molecule has 0 spiro atoms. The van der Waals surface area contributed by atoms with Crippen molar-refractivity contribution >= 4 is 22.6 Å². The number of hydrogen-bond donors (Lipinski definition) is 0. The molecule has 1 amide bonds. The lowest BCUT2D eigenvalue weighted by Gasteiger charge is -2.32. The summed E-state index contributed by atoms with van der Waals surface area (Å²) >= 11 is 0. The minimum absolute atomic E-state index is 0.0588. The predicted molar refractivity (Wildman–Crippen MR) is 156 cm³/mol. The van der Waals surface area contributed by atoms with E-state index in [-0.39, 0.29) is 11.7 Å². The number of ether oxygens (including phenoxy) is 2. The zero-order chi connectivity index (χ0) is 28.1. The first-order valence-corrected chi connectivity index (χ1v) is 14.0. The van der Waals surface area contributed by atoms with Gasteiger partial charge in [0.25, 0.3) is 5.91 Å². The highest BCUT2D eigenvalue weighted by Crippen LogP contribution is 2.26. The van der Waals surface area contributed by atoms with Crippen molar-refractivity contribution in [2.24, 2.45) is 5.92 Å². The summed E-state index contributed by atoms with van der Waals surface area (Å²) in [4.78, 5) is 27.7. The maximum absolute atomic E-state index is 13.1. The van der Waals surface area contributed by atoms with E-state index in [9.17, 15) is 9.59 Å². The van der Waals surface area contributed by atoms with Crippen LogP contribution in [0.15, 0.2) is 66.9 Å². The van der Waals surface area contributed by atoms with Crippen LogP contribution >= 0.6 is 0 Å². The van der Waals surface area contributed by atoms with E-state index >= 15 is 0 Å². The Balaban J connectivity index is 1.15. The zero-order valence-corrected chi connectivity index (χ0v) is 23.6. The Kier molecular flexibility index (Phi) is 8.60. The number of amides is 1. The quantitative estimate of drug-likeness (QED) is 0.168. The van der Waals surface area contributed by atoms with Gasteiger partial charge >= 0.3 is 0 Å².